The topological polar surface area (TPSA) is 3.24 Å². The normalized spacial score (nSPS) is 14.0. The van der Waals surface area contributed by atoms with Crippen LogP contribution in [0.15, 0.2) is 23.9 Å². The SMILES string of the molecule is C/C(=C\C=C/N(C)C)C(C)(C)C. The van der Waals surface area contributed by atoms with Crippen molar-refractivity contribution in [3.63, 3.8) is 0 Å². The zero-order valence-electron chi connectivity index (χ0n) is 9.18. The maximum absolute atomic E-state index is 2.22. The van der Waals surface area contributed by atoms with Crippen molar-refractivity contribution in [3.8, 4) is 0 Å². The highest BCUT2D eigenvalue weighted by atomic mass is 15.0. The van der Waals surface area contributed by atoms with E-state index in [1.807, 2.05) is 19.0 Å². The highest BCUT2D eigenvalue weighted by molar-refractivity contribution is 5.15. The largest absolute Gasteiger partial charge is 0.383 e. The zero-order chi connectivity index (χ0) is 9.78. The molecular weight excluding hydrogens is 146 g/mol. The fourth-order valence-corrected chi connectivity index (χ4v) is 0.610. The third-order valence-corrected chi connectivity index (χ3v) is 1.91. The minimum atomic E-state index is 0.288. The van der Waals surface area contributed by atoms with Crippen molar-refractivity contribution in [1.82, 2.24) is 4.90 Å². The lowest BCUT2D eigenvalue weighted by Gasteiger charge is -2.18. The van der Waals surface area contributed by atoms with E-state index >= 15 is 0 Å². The molecule has 0 saturated heterocycles. The summed E-state index contributed by atoms with van der Waals surface area (Å²) in [4.78, 5) is 2.03. The van der Waals surface area contributed by atoms with E-state index in [1.165, 1.54) is 5.57 Å². The van der Waals surface area contributed by atoms with Crippen molar-refractivity contribution < 1.29 is 0 Å². The number of hydrogen-bond donors (Lipinski definition) is 0. The van der Waals surface area contributed by atoms with Gasteiger partial charge in [-0.25, -0.2) is 0 Å². The summed E-state index contributed by atoms with van der Waals surface area (Å²) in [5.74, 6) is 0. The molecule has 70 valence electrons. The molecule has 0 bridgehead atoms. The molecular formula is C11H21N. The summed E-state index contributed by atoms with van der Waals surface area (Å²) in [6, 6.07) is 0. The van der Waals surface area contributed by atoms with E-state index < -0.39 is 0 Å². The summed E-state index contributed by atoms with van der Waals surface area (Å²) in [5.41, 5.74) is 1.69. The minimum Gasteiger partial charge on any atom is -0.383 e. The van der Waals surface area contributed by atoms with E-state index in [0.717, 1.165) is 0 Å². The first-order valence-electron chi connectivity index (χ1n) is 4.36. The summed E-state index contributed by atoms with van der Waals surface area (Å²) in [5, 5.41) is 0. The van der Waals surface area contributed by atoms with Gasteiger partial charge in [0.15, 0.2) is 0 Å². The summed E-state index contributed by atoms with van der Waals surface area (Å²) in [6.45, 7) is 8.84. The molecule has 0 aromatic carbocycles. The van der Waals surface area contributed by atoms with Crippen LogP contribution in [0.25, 0.3) is 0 Å². The Kier molecular flexibility index (Phi) is 4.08. The average molecular weight is 167 g/mol. The molecule has 0 radical (unpaired) electrons. The Bertz CT molecular complexity index is 180. The molecule has 0 aliphatic carbocycles. The maximum atomic E-state index is 2.22. The number of rotatable bonds is 2. The molecule has 0 aliphatic rings. The Labute approximate surface area is 76.8 Å². The standard InChI is InChI=1S/C11H21N/c1-10(11(2,3)4)8-7-9-12(5)6/h7-9H,1-6H3/b9-7-,10-8+. The van der Waals surface area contributed by atoms with E-state index in [1.54, 1.807) is 0 Å². The Morgan fingerprint density at radius 3 is 2.00 bits per heavy atom. The highest BCUT2D eigenvalue weighted by Crippen LogP contribution is 2.23. The summed E-state index contributed by atoms with van der Waals surface area (Å²) >= 11 is 0. The van der Waals surface area contributed by atoms with Gasteiger partial charge in [0.05, 0.1) is 0 Å². The quantitative estimate of drug-likeness (QED) is 0.571. The molecule has 0 amide bonds. The van der Waals surface area contributed by atoms with Crippen LogP contribution in [0.2, 0.25) is 0 Å². The number of nitrogens with zero attached hydrogens (tertiary/aromatic N) is 1. The third kappa shape index (κ3) is 5.00. The van der Waals surface area contributed by atoms with Gasteiger partial charge in [-0.15, -0.1) is 0 Å². The second-order valence-corrected chi connectivity index (χ2v) is 4.40. The average Bonchev–Trinajstić information content (AvgIpc) is 1.84. The molecule has 0 aromatic rings. The number of hydrogen-bond acceptors (Lipinski definition) is 1. The van der Waals surface area contributed by atoms with Crippen molar-refractivity contribution in [2.45, 2.75) is 27.7 Å². The number of allylic oxidation sites excluding steroid dienone is 3. The summed E-state index contributed by atoms with van der Waals surface area (Å²) < 4.78 is 0. The molecule has 0 saturated carbocycles. The van der Waals surface area contributed by atoms with Crippen molar-refractivity contribution in [1.29, 1.82) is 0 Å². The van der Waals surface area contributed by atoms with Gasteiger partial charge in [-0.05, 0) is 24.6 Å². The molecule has 0 atom stereocenters. The Balaban J connectivity index is 4.20. The molecule has 0 fully saturated rings. The lowest BCUT2D eigenvalue weighted by molar-refractivity contribution is 0.503. The van der Waals surface area contributed by atoms with E-state index in [9.17, 15) is 0 Å². The van der Waals surface area contributed by atoms with E-state index in [-0.39, 0.29) is 5.41 Å². The summed E-state index contributed by atoms with van der Waals surface area (Å²) in [7, 11) is 4.05. The monoisotopic (exact) mass is 167 g/mol. The van der Waals surface area contributed by atoms with Crippen LogP contribution >= 0.6 is 0 Å². The molecule has 0 aliphatic heterocycles. The van der Waals surface area contributed by atoms with Crippen LogP contribution in [-0.4, -0.2) is 19.0 Å². The molecule has 0 spiro atoms. The maximum Gasteiger partial charge on any atom is 0.00556 e. The van der Waals surface area contributed by atoms with Gasteiger partial charge in [0.1, 0.15) is 0 Å². The highest BCUT2D eigenvalue weighted by Gasteiger charge is 2.10. The lowest BCUT2D eigenvalue weighted by atomic mass is 9.87. The van der Waals surface area contributed by atoms with Crippen LogP contribution in [0.1, 0.15) is 27.7 Å². The van der Waals surface area contributed by atoms with Gasteiger partial charge in [0.2, 0.25) is 0 Å². The second-order valence-electron chi connectivity index (χ2n) is 4.40. The Morgan fingerprint density at radius 2 is 1.67 bits per heavy atom. The lowest BCUT2D eigenvalue weighted by Crippen LogP contribution is -2.06. The molecule has 0 heterocycles. The van der Waals surface area contributed by atoms with Gasteiger partial charge < -0.3 is 4.90 Å². The molecule has 0 unspecified atom stereocenters. The second kappa shape index (κ2) is 4.34. The van der Waals surface area contributed by atoms with Gasteiger partial charge >= 0.3 is 0 Å². The first kappa shape index (κ1) is 11.3. The third-order valence-electron chi connectivity index (χ3n) is 1.91. The van der Waals surface area contributed by atoms with Crippen molar-refractivity contribution >= 4 is 0 Å². The van der Waals surface area contributed by atoms with Gasteiger partial charge in [-0.2, -0.15) is 0 Å². The molecule has 0 aromatic heterocycles. The Morgan fingerprint density at radius 1 is 1.17 bits per heavy atom. The van der Waals surface area contributed by atoms with Crippen molar-refractivity contribution in [2.75, 3.05) is 14.1 Å². The summed E-state index contributed by atoms with van der Waals surface area (Å²) in [6.07, 6.45) is 6.30. The zero-order valence-corrected chi connectivity index (χ0v) is 9.18. The molecule has 12 heavy (non-hydrogen) atoms. The van der Waals surface area contributed by atoms with Crippen LogP contribution < -0.4 is 0 Å². The predicted octanol–water partition coefficient (Wildman–Crippen LogP) is 3.05. The van der Waals surface area contributed by atoms with Gasteiger partial charge in [-0.3, -0.25) is 0 Å². The van der Waals surface area contributed by atoms with Crippen LogP contribution in [0.4, 0.5) is 0 Å². The smallest absolute Gasteiger partial charge is 0.00556 e. The molecule has 1 heteroatoms. The molecule has 0 rings (SSSR count). The fraction of sp³-hybridized carbons (Fsp3) is 0.636. The van der Waals surface area contributed by atoms with E-state index in [4.69, 9.17) is 0 Å². The Hall–Kier alpha value is -0.720. The minimum absolute atomic E-state index is 0.288. The first-order valence-corrected chi connectivity index (χ1v) is 4.36. The molecule has 0 N–H and O–H groups in total. The molecule has 1 nitrogen and oxygen atoms in total. The van der Waals surface area contributed by atoms with Gasteiger partial charge in [-0.1, -0.05) is 32.4 Å². The first-order chi connectivity index (χ1) is 5.34. The van der Waals surface area contributed by atoms with Crippen LogP contribution in [-0.2, 0) is 0 Å². The van der Waals surface area contributed by atoms with E-state index in [2.05, 4.69) is 46.0 Å². The van der Waals surface area contributed by atoms with Crippen LogP contribution in [0.5, 0.6) is 0 Å². The van der Waals surface area contributed by atoms with Crippen LogP contribution in [0, 0.1) is 5.41 Å². The van der Waals surface area contributed by atoms with Crippen molar-refractivity contribution in [3.05, 3.63) is 23.9 Å². The van der Waals surface area contributed by atoms with Crippen molar-refractivity contribution in [2.24, 2.45) is 5.41 Å². The van der Waals surface area contributed by atoms with Gasteiger partial charge in [0, 0.05) is 14.1 Å². The van der Waals surface area contributed by atoms with Gasteiger partial charge in [0.25, 0.3) is 0 Å². The fourth-order valence-electron chi connectivity index (χ4n) is 0.610. The van der Waals surface area contributed by atoms with E-state index in [0.29, 0.717) is 0 Å². The van der Waals surface area contributed by atoms with Crippen LogP contribution in [0.3, 0.4) is 0 Å². The predicted molar refractivity (Wildman–Crippen MR) is 56.0 cm³/mol.